The number of nitro groups is 2. The van der Waals surface area contributed by atoms with E-state index in [-0.39, 0.29) is 0 Å². The topological polar surface area (TPSA) is 114 Å². The maximum absolute atomic E-state index is 12.0. The molecule has 0 aromatic heterocycles. The molecule has 0 aliphatic heterocycles. The van der Waals surface area contributed by atoms with E-state index in [2.05, 4.69) is 0 Å². The van der Waals surface area contributed by atoms with Crippen molar-refractivity contribution in [2.45, 2.75) is 18.1 Å². The van der Waals surface area contributed by atoms with Gasteiger partial charge in [-0.1, -0.05) is 24.3 Å². The number of hydrogen-bond donors (Lipinski definition) is 0. The molecule has 0 radical (unpaired) electrons. The fraction of sp³-hybridized carbons (Fsp3) is 0.368. The summed E-state index contributed by atoms with van der Waals surface area (Å²) >= 11 is 0. The van der Waals surface area contributed by atoms with Crippen LogP contribution in [0.25, 0.3) is 0 Å². The highest BCUT2D eigenvalue weighted by Crippen LogP contribution is 2.34. The molecule has 2 aromatic carbocycles. The predicted octanol–water partition coefficient (Wildman–Crippen LogP) is 3.10. The first-order valence-electron chi connectivity index (χ1n) is 8.47. The Bertz CT molecular complexity index is 793. The molecule has 0 fully saturated rings. The van der Waals surface area contributed by atoms with Crippen molar-refractivity contribution in [1.29, 1.82) is 0 Å². The smallest absolute Gasteiger partial charge is 0.256 e. The van der Waals surface area contributed by atoms with Crippen LogP contribution < -0.4 is 9.47 Å². The van der Waals surface area contributed by atoms with Crippen LogP contribution in [0, 0.1) is 20.2 Å². The van der Waals surface area contributed by atoms with Crippen molar-refractivity contribution < 1.29 is 24.1 Å². The highest BCUT2D eigenvalue weighted by molar-refractivity contribution is 5.33. The highest BCUT2D eigenvalue weighted by Gasteiger charge is 2.44. The van der Waals surface area contributed by atoms with Gasteiger partial charge in [0.25, 0.3) is 6.04 Å². The second-order valence-corrected chi connectivity index (χ2v) is 6.10. The fourth-order valence-corrected chi connectivity index (χ4v) is 3.16. The van der Waals surface area contributed by atoms with E-state index < -0.39 is 34.5 Å². The van der Waals surface area contributed by atoms with E-state index in [0.29, 0.717) is 22.6 Å². The van der Waals surface area contributed by atoms with E-state index in [9.17, 15) is 20.2 Å². The summed E-state index contributed by atoms with van der Waals surface area (Å²) in [7, 11) is 4.36. The lowest BCUT2D eigenvalue weighted by Crippen LogP contribution is -2.38. The van der Waals surface area contributed by atoms with Crippen LogP contribution in [0.4, 0.5) is 0 Å². The van der Waals surface area contributed by atoms with Crippen LogP contribution in [0.1, 0.15) is 23.1 Å². The molecule has 0 amide bonds. The van der Waals surface area contributed by atoms with Gasteiger partial charge >= 0.3 is 0 Å². The quantitative estimate of drug-likeness (QED) is 0.452. The molecule has 0 aliphatic rings. The predicted molar refractivity (Wildman–Crippen MR) is 101 cm³/mol. The van der Waals surface area contributed by atoms with Gasteiger partial charge < -0.3 is 14.2 Å². The van der Waals surface area contributed by atoms with Crippen molar-refractivity contribution in [1.82, 2.24) is 0 Å². The summed E-state index contributed by atoms with van der Waals surface area (Å²) in [6.45, 7) is -0.603. The summed E-state index contributed by atoms with van der Waals surface area (Å²) in [6.07, 6.45) is -0.979. The second kappa shape index (κ2) is 9.65. The zero-order valence-electron chi connectivity index (χ0n) is 15.8. The minimum absolute atomic E-state index is 0.467. The van der Waals surface area contributed by atoms with Crippen LogP contribution in [0.5, 0.6) is 11.5 Å². The van der Waals surface area contributed by atoms with Crippen LogP contribution in [0.15, 0.2) is 48.5 Å². The highest BCUT2D eigenvalue weighted by atomic mass is 16.6. The third kappa shape index (κ3) is 4.95. The number of hydrogen-bond acceptors (Lipinski definition) is 7. The molecule has 0 heterocycles. The first-order valence-corrected chi connectivity index (χ1v) is 8.47. The molecule has 0 bridgehead atoms. The normalized spacial score (nSPS) is 14.0. The molecule has 0 N–H and O–H groups in total. The van der Waals surface area contributed by atoms with E-state index in [4.69, 9.17) is 14.2 Å². The summed E-state index contributed by atoms with van der Waals surface area (Å²) in [5.74, 6) is 0.149. The van der Waals surface area contributed by atoms with Gasteiger partial charge in [-0.15, -0.1) is 0 Å². The molecule has 28 heavy (non-hydrogen) atoms. The van der Waals surface area contributed by atoms with E-state index >= 15 is 0 Å². The van der Waals surface area contributed by atoms with Gasteiger partial charge in [-0.3, -0.25) is 20.2 Å². The SMILES string of the molecule is COc1ccc(C(C[N+](=O)[O-])C(C(OC)c2ccc(OC)cc2)[N+](=O)[O-])cc1. The number of rotatable bonds is 10. The molecule has 3 atom stereocenters. The zero-order chi connectivity index (χ0) is 20.7. The lowest BCUT2D eigenvalue weighted by Gasteiger charge is -2.25. The minimum Gasteiger partial charge on any atom is -0.497 e. The maximum atomic E-state index is 12.0. The van der Waals surface area contributed by atoms with Crippen LogP contribution in [-0.2, 0) is 4.74 Å². The Hall–Kier alpha value is -3.20. The van der Waals surface area contributed by atoms with Crippen molar-refractivity contribution in [2.24, 2.45) is 0 Å². The van der Waals surface area contributed by atoms with E-state index in [1.165, 1.54) is 21.3 Å². The Morgan fingerprint density at radius 3 is 1.64 bits per heavy atom. The lowest BCUT2D eigenvalue weighted by atomic mass is 9.85. The van der Waals surface area contributed by atoms with Crippen LogP contribution in [0.2, 0.25) is 0 Å². The first-order chi connectivity index (χ1) is 13.4. The Labute approximate surface area is 162 Å². The number of nitrogens with zero attached hydrogens (tertiary/aromatic N) is 2. The van der Waals surface area contributed by atoms with Gasteiger partial charge in [0.05, 0.1) is 14.2 Å². The van der Waals surface area contributed by atoms with Gasteiger partial charge in [0, 0.05) is 17.0 Å². The van der Waals surface area contributed by atoms with Crippen LogP contribution >= 0.6 is 0 Å². The van der Waals surface area contributed by atoms with Gasteiger partial charge in [-0.25, -0.2) is 0 Å². The Morgan fingerprint density at radius 2 is 1.29 bits per heavy atom. The Kier molecular flexibility index (Phi) is 7.28. The molecule has 0 saturated carbocycles. The monoisotopic (exact) mass is 390 g/mol. The first kappa shape index (κ1) is 21.1. The van der Waals surface area contributed by atoms with Gasteiger partial charge in [-0.2, -0.15) is 0 Å². The zero-order valence-corrected chi connectivity index (χ0v) is 15.8. The molecule has 9 nitrogen and oxygen atoms in total. The fourth-order valence-electron chi connectivity index (χ4n) is 3.16. The molecule has 0 spiro atoms. The van der Waals surface area contributed by atoms with Gasteiger partial charge in [0.1, 0.15) is 17.4 Å². The summed E-state index contributed by atoms with van der Waals surface area (Å²) in [6, 6.07) is 11.7. The molecular weight excluding hydrogens is 368 g/mol. The lowest BCUT2D eigenvalue weighted by molar-refractivity contribution is -0.558. The van der Waals surface area contributed by atoms with Crippen molar-refractivity contribution in [2.75, 3.05) is 27.9 Å². The standard InChI is InChI=1S/C19H22N2O7/c1-26-15-8-4-13(5-9-15)17(12-20(22)23)18(21(24)25)19(28-3)14-6-10-16(27-2)11-7-14/h4-11,17-19H,12H2,1-3H3. The van der Waals surface area contributed by atoms with Gasteiger partial charge in [0.15, 0.2) is 6.10 Å². The van der Waals surface area contributed by atoms with Gasteiger partial charge in [-0.05, 0) is 35.4 Å². The Balaban J connectivity index is 2.48. The van der Waals surface area contributed by atoms with Crippen molar-refractivity contribution in [3.8, 4) is 11.5 Å². The molecule has 9 heteroatoms. The van der Waals surface area contributed by atoms with E-state index in [0.717, 1.165) is 0 Å². The summed E-state index contributed by atoms with van der Waals surface area (Å²) in [5.41, 5.74) is 1.00. The molecule has 2 aromatic rings. The molecular formula is C19H22N2O7. The van der Waals surface area contributed by atoms with Gasteiger partial charge in [0.2, 0.25) is 6.54 Å². The third-order valence-electron chi connectivity index (χ3n) is 4.55. The molecule has 3 unspecified atom stereocenters. The van der Waals surface area contributed by atoms with Crippen molar-refractivity contribution >= 4 is 0 Å². The summed E-state index contributed by atoms with van der Waals surface area (Å²) in [5, 5.41) is 23.2. The van der Waals surface area contributed by atoms with E-state index in [1.807, 2.05) is 0 Å². The maximum Gasteiger partial charge on any atom is 0.256 e. The minimum atomic E-state index is -1.36. The summed E-state index contributed by atoms with van der Waals surface area (Å²) in [4.78, 5) is 22.2. The molecule has 2 rings (SSSR count). The number of ether oxygens (including phenoxy) is 3. The second-order valence-electron chi connectivity index (χ2n) is 6.10. The van der Waals surface area contributed by atoms with Crippen LogP contribution in [0.3, 0.4) is 0 Å². The molecule has 0 saturated heterocycles. The van der Waals surface area contributed by atoms with Crippen LogP contribution in [-0.4, -0.2) is 43.8 Å². The Morgan fingerprint density at radius 1 is 0.821 bits per heavy atom. The number of methoxy groups -OCH3 is 3. The molecule has 0 aliphatic carbocycles. The van der Waals surface area contributed by atoms with Crippen molar-refractivity contribution in [3.63, 3.8) is 0 Å². The van der Waals surface area contributed by atoms with Crippen molar-refractivity contribution in [3.05, 3.63) is 79.9 Å². The van der Waals surface area contributed by atoms with E-state index in [1.54, 1.807) is 48.5 Å². The number of benzene rings is 2. The largest absolute Gasteiger partial charge is 0.497 e. The average molecular weight is 390 g/mol. The third-order valence-corrected chi connectivity index (χ3v) is 4.55. The molecule has 150 valence electrons. The summed E-state index contributed by atoms with van der Waals surface area (Å²) < 4.78 is 15.6. The average Bonchev–Trinajstić information content (AvgIpc) is 2.70.